The van der Waals surface area contributed by atoms with Crippen LogP contribution in [0.15, 0.2) is 29.4 Å². The Bertz CT molecular complexity index is 728. The zero-order valence-corrected chi connectivity index (χ0v) is 12.5. The van der Waals surface area contributed by atoms with Crippen molar-refractivity contribution in [2.24, 2.45) is 0 Å². The third-order valence-corrected chi connectivity index (χ3v) is 4.00. The number of nitrogens with zero attached hydrogens (tertiary/aromatic N) is 1. The van der Waals surface area contributed by atoms with Gasteiger partial charge in [-0.2, -0.15) is 8.42 Å². The number of hydrogen-bond acceptors (Lipinski definition) is 4. The molecule has 0 unspecified atom stereocenters. The predicted molar refractivity (Wildman–Crippen MR) is 76.3 cm³/mol. The predicted octanol–water partition coefficient (Wildman–Crippen LogP) is 2.31. The molecule has 0 bridgehead atoms. The van der Waals surface area contributed by atoms with Gasteiger partial charge < -0.3 is 9.72 Å². The molecule has 114 valence electrons. The normalized spacial score (nSPS) is 11.4. The third kappa shape index (κ3) is 3.52. The van der Waals surface area contributed by atoms with Crippen LogP contribution in [0.3, 0.4) is 0 Å². The van der Waals surface area contributed by atoms with E-state index in [4.69, 9.17) is 4.74 Å². The average Bonchev–Trinajstić information content (AvgIpc) is 2.91. The van der Waals surface area contributed by atoms with E-state index in [1.807, 2.05) is 6.92 Å². The Kier molecular flexibility index (Phi) is 4.46. The molecular weight excluding hydrogens is 297 g/mol. The minimum absolute atomic E-state index is 0.0614. The molecule has 0 spiro atoms. The minimum atomic E-state index is -3.82. The van der Waals surface area contributed by atoms with Crippen molar-refractivity contribution in [3.63, 3.8) is 0 Å². The second-order valence-electron chi connectivity index (χ2n) is 4.23. The van der Waals surface area contributed by atoms with Crippen molar-refractivity contribution >= 4 is 15.7 Å². The molecular formula is C13H16FN3O3S. The average molecular weight is 313 g/mol. The monoisotopic (exact) mass is 313 g/mol. The zero-order chi connectivity index (χ0) is 15.5. The van der Waals surface area contributed by atoms with Gasteiger partial charge in [0.1, 0.15) is 5.82 Å². The molecule has 8 heteroatoms. The number of imidazole rings is 1. The summed E-state index contributed by atoms with van der Waals surface area (Å²) in [5, 5.41) is -0.0614. The Morgan fingerprint density at radius 2 is 2.14 bits per heavy atom. The van der Waals surface area contributed by atoms with Gasteiger partial charge in [-0.25, -0.2) is 9.37 Å². The standard InChI is InChI=1S/C13H16FN3O3S/c1-3-12-15-8-13(16-12)21(18,19)17-9-5-6-11(20-4-2)10(14)7-9/h5-8,17H,3-4H2,1-2H3,(H,15,16). The van der Waals surface area contributed by atoms with Crippen molar-refractivity contribution in [1.29, 1.82) is 0 Å². The highest BCUT2D eigenvalue weighted by Gasteiger charge is 2.18. The maximum Gasteiger partial charge on any atom is 0.278 e. The van der Waals surface area contributed by atoms with Gasteiger partial charge >= 0.3 is 0 Å². The van der Waals surface area contributed by atoms with Crippen LogP contribution in [0.25, 0.3) is 0 Å². The molecule has 2 aromatic rings. The van der Waals surface area contributed by atoms with E-state index < -0.39 is 15.8 Å². The number of H-pyrrole nitrogens is 1. The zero-order valence-electron chi connectivity index (χ0n) is 11.7. The third-order valence-electron chi connectivity index (χ3n) is 2.71. The van der Waals surface area contributed by atoms with Gasteiger partial charge in [-0.3, -0.25) is 4.72 Å². The molecule has 2 N–H and O–H groups in total. The molecule has 0 atom stereocenters. The van der Waals surface area contributed by atoms with E-state index in [2.05, 4.69) is 14.7 Å². The van der Waals surface area contributed by atoms with Gasteiger partial charge in [0.2, 0.25) is 0 Å². The lowest BCUT2D eigenvalue weighted by Gasteiger charge is -2.09. The summed E-state index contributed by atoms with van der Waals surface area (Å²) < 4.78 is 45.3. The van der Waals surface area contributed by atoms with E-state index in [9.17, 15) is 12.8 Å². The fourth-order valence-corrected chi connectivity index (χ4v) is 2.70. The Morgan fingerprint density at radius 1 is 1.38 bits per heavy atom. The number of rotatable bonds is 6. The maximum atomic E-state index is 13.7. The second kappa shape index (κ2) is 6.13. The van der Waals surface area contributed by atoms with Crippen molar-refractivity contribution in [1.82, 2.24) is 9.97 Å². The summed E-state index contributed by atoms with van der Waals surface area (Å²) in [5.74, 6) is 0.0133. The van der Waals surface area contributed by atoms with Crippen LogP contribution in [0.5, 0.6) is 5.75 Å². The molecule has 0 amide bonds. The molecule has 1 aromatic heterocycles. The first-order valence-electron chi connectivity index (χ1n) is 6.45. The van der Waals surface area contributed by atoms with Crippen LogP contribution in [0, 0.1) is 5.82 Å². The van der Waals surface area contributed by atoms with E-state index in [1.165, 1.54) is 18.3 Å². The summed E-state index contributed by atoms with van der Waals surface area (Å²) in [4.78, 5) is 6.62. The second-order valence-corrected chi connectivity index (χ2v) is 5.88. The number of nitrogens with one attached hydrogen (secondary N) is 2. The molecule has 0 aliphatic carbocycles. The lowest BCUT2D eigenvalue weighted by Crippen LogP contribution is -2.13. The Hall–Kier alpha value is -2.09. The van der Waals surface area contributed by atoms with Gasteiger partial charge in [0.15, 0.2) is 16.6 Å². The van der Waals surface area contributed by atoms with Gasteiger partial charge in [0.25, 0.3) is 10.0 Å². The van der Waals surface area contributed by atoms with Gasteiger partial charge in [-0.05, 0) is 19.1 Å². The molecule has 0 fully saturated rings. The first-order chi connectivity index (χ1) is 9.96. The molecule has 6 nitrogen and oxygen atoms in total. The summed E-state index contributed by atoms with van der Waals surface area (Å²) in [5.41, 5.74) is 0.114. The van der Waals surface area contributed by atoms with Gasteiger partial charge in [0, 0.05) is 12.5 Å². The van der Waals surface area contributed by atoms with E-state index in [0.717, 1.165) is 6.07 Å². The van der Waals surface area contributed by atoms with Crippen LogP contribution in [0.1, 0.15) is 19.7 Å². The van der Waals surface area contributed by atoms with E-state index >= 15 is 0 Å². The van der Waals surface area contributed by atoms with Crippen LogP contribution < -0.4 is 9.46 Å². The Morgan fingerprint density at radius 3 is 2.71 bits per heavy atom. The number of aryl methyl sites for hydroxylation is 1. The number of aromatic nitrogens is 2. The lowest BCUT2D eigenvalue weighted by molar-refractivity contribution is 0.321. The molecule has 2 rings (SSSR count). The molecule has 1 heterocycles. The molecule has 0 aliphatic heterocycles. The summed E-state index contributed by atoms with van der Waals surface area (Å²) >= 11 is 0. The number of sulfonamides is 1. The molecule has 0 aliphatic rings. The number of halogens is 1. The summed E-state index contributed by atoms with van der Waals surface area (Å²) in [6.45, 7) is 3.92. The topological polar surface area (TPSA) is 84.1 Å². The highest BCUT2D eigenvalue weighted by Crippen LogP contribution is 2.23. The van der Waals surface area contributed by atoms with Crippen molar-refractivity contribution < 1.29 is 17.5 Å². The lowest BCUT2D eigenvalue weighted by atomic mass is 10.3. The highest BCUT2D eigenvalue weighted by atomic mass is 32.2. The van der Waals surface area contributed by atoms with Crippen LogP contribution in [0.2, 0.25) is 0 Å². The summed E-state index contributed by atoms with van der Waals surface area (Å²) in [6.07, 6.45) is 1.82. The number of ether oxygens (including phenoxy) is 1. The quantitative estimate of drug-likeness (QED) is 0.857. The summed E-state index contributed by atoms with van der Waals surface area (Å²) in [7, 11) is -3.82. The van der Waals surface area contributed by atoms with Crippen LogP contribution in [0.4, 0.5) is 10.1 Å². The minimum Gasteiger partial charge on any atom is -0.491 e. The van der Waals surface area contributed by atoms with Crippen LogP contribution in [-0.2, 0) is 16.4 Å². The Balaban J connectivity index is 2.22. The van der Waals surface area contributed by atoms with Crippen LogP contribution in [-0.4, -0.2) is 25.0 Å². The van der Waals surface area contributed by atoms with Crippen molar-refractivity contribution in [3.8, 4) is 5.75 Å². The molecule has 0 radical (unpaired) electrons. The smallest absolute Gasteiger partial charge is 0.278 e. The van der Waals surface area contributed by atoms with Gasteiger partial charge in [-0.1, -0.05) is 6.92 Å². The van der Waals surface area contributed by atoms with E-state index in [1.54, 1.807) is 6.92 Å². The fourth-order valence-electron chi connectivity index (χ4n) is 1.71. The fraction of sp³-hybridized carbons (Fsp3) is 0.308. The van der Waals surface area contributed by atoms with Crippen molar-refractivity contribution in [3.05, 3.63) is 36.0 Å². The van der Waals surface area contributed by atoms with E-state index in [-0.39, 0.29) is 16.5 Å². The molecule has 0 saturated carbocycles. The van der Waals surface area contributed by atoms with Crippen LogP contribution >= 0.6 is 0 Å². The number of hydrogen-bond donors (Lipinski definition) is 2. The highest BCUT2D eigenvalue weighted by molar-refractivity contribution is 7.92. The largest absolute Gasteiger partial charge is 0.491 e. The number of aromatic amines is 1. The first kappa shape index (κ1) is 15.3. The molecule has 0 saturated heterocycles. The van der Waals surface area contributed by atoms with Gasteiger partial charge in [-0.15, -0.1) is 0 Å². The molecule has 21 heavy (non-hydrogen) atoms. The van der Waals surface area contributed by atoms with Crippen molar-refractivity contribution in [2.45, 2.75) is 25.3 Å². The SMILES string of the molecule is CCOc1ccc(NS(=O)(=O)c2cnc(CC)[nH]2)cc1F. The van der Waals surface area contributed by atoms with Crippen molar-refractivity contribution in [2.75, 3.05) is 11.3 Å². The maximum absolute atomic E-state index is 13.7. The first-order valence-corrected chi connectivity index (χ1v) is 7.93. The number of anilines is 1. The van der Waals surface area contributed by atoms with E-state index in [0.29, 0.717) is 18.9 Å². The van der Waals surface area contributed by atoms with Gasteiger partial charge in [0.05, 0.1) is 18.5 Å². The summed E-state index contributed by atoms with van der Waals surface area (Å²) in [6, 6.07) is 3.88. The number of benzene rings is 1. The Labute approximate surface area is 122 Å². The molecule has 1 aromatic carbocycles.